The Morgan fingerprint density at radius 1 is 0.571 bits per heavy atom. The summed E-state index contributed by atoms with van der Waals surface area (Å²) in [6, 6.07) is 28.2. The summed E-state index contributed by atoms with van der Waals surface area (Å²) in [7, 11) is -3.76. The van der Waals surface area contributed by atoms with Crippen LogP contribution in [0.1, 0.15) is 26.3 Å². The van der Waals surface area contributed by atoms with Crippen LogP contribution >= 0.6 is 0 Å². The molecule has 0 atom stereocenters. The number of anilines is 3. The van der Waals surface area contributed by atoms with Gasteiger partial charge in [-0.1, -0.05) is 35.9 Å². The summed E-state index contributed by atoms with van der Waals surface area (Å²) in [6.45, 7) is 1.92. The van der Waals surface area contributed by atoms with E-state index in [2.05, 4.69) is 15.4 Å². The minimum atomic E-state index is -3.76. The Hall–Kier alpha value is -4.43. The molecule has 8 heteroatoms. The van der Waals surface area contributed by atoms with Gasteiger partial charge in [0.1, 0.15) is 0 Å². The molecule has 0 saturated carbocycles. The predicted molar refractivity (Wildman–Crippen MR) is 137 cm³/mol. The number of aryl methyl sites for hydroxylation is 1. The molecule has 4 aromatic rings. The van der Waals surface area contributed by atoms with Crippen LogP contribution < -0.4 is 15.4 Å². The molecule has 0 unspecified atom stereocenters. The van der Waals surface area contributed by atoms with E-state index >= 15 is 0 Å². The van der Waals surface area contributed by atoms with Crippen molar-refractivity contribution >= 4 is 38.9 Å². The fraction of sp³-hybridized carbons (Fsp3) is 0.0370. The van der Waals surface area contributed by atoms with Crippen molar-refractivity contribution in [1.82, 2.24) is 0 Å². The molecule has 0 bridgehead atoms. The maximum Gasteiger partial charge on any atom is 0.261 e. The van der Waals surface area contributed by atoms with E-state index in [1.165, 1.54) is 24.3 Å². The highest BCUT2D eigenvalue weighted by molar-refractivity contribution is 7.92. The average molecular weight is 486 g/mol. The van der Waals surface area contributed by atoms with Gasteiger partial charge in [-0.05, 0) is 79.7 Å². The number of carbonyl (C=O) groups excluding carboxylic acids is 2. The van der Waals surface area contributed by atoms with Gasteiger partial charge in [-0.3, -0.25) is 14.3 Å². The fourth-order valence-electron chi connectivity index (χ4n) is 3.25. The minimum Gasteiger partial charge on any atom is -0.322 e. The molecule has 35 heavy (non-hydrogen) atoms. The van der Waals surface area contributed by atoms with Crippen LogP contribution in [0.5, 0.6) is 0 Å². The molecule has 4 aromatic carbocycles. The zero-order valence-electron chi connectivity index (χ0n) is 18.9. The SMILES string of the molecule is Cc1ccc(NS(=O)(=O)c2ccc(NC(=O)c3ccc(NC(=O)c4ccccc4)cc3)cc2)cc1. The molecule has 176 valence electrons. The molecule has 0 spiro atoms. The minimum absolute atomic E-state index is 0.0783. The number of hydrogen-bond donors (Lipinski definition) is 3. The van der Waals surface area contributed by atoms with Crippen LogP contribution in [0.2, 0.25) is 0 Å². The largest absolute Gasteiger partial charge is 0.322 e. The van der Waals surface area contributed by atoms with Gasteiger partial charge in [-0.2, -0.15) is 0 Å². The average Bonchev–Trinajstić information content (AvgIpc) is 2.86. The van der Waals surface area contributed by atoms with E-state index in [9.17, 15) is 18.0 Å². The second-order valence-electron chi connectivity index (χ2n) is 7.85. The number of carbonyl (C=O) groups is 2. The smallest absolute Gasteiger partial charge is 0.261 e. The number of sulfonamides is 1. The van der Waals surface area contributed by atoms with Gasteiger partial charge in [0.25, 0.3) is 21.8 Å². The third-order valence-electron chi connectivity index (χ3n) is 5.17. The molecule has 0 aliphatic carbocycles. The van der Waals surface area contributed by atoms with Gasteiger partial charge in [0, 0.05) is 28.2 Å². The van der Waals surface area contributed by atoms with Crippen molar-refractivity contribution in [3.8, 4) is 0 Å². The Bertz CT molecular complexity index is 1430. The van der Waals surface area contributed by atoms with Crippen molar-refractivity contribution in [1.29, 1.82) is 0 Å². The normalized spacial score (nSPS) is 10.9. The number of amides is 2. The van der Waals surface area contributed by atoms with Crippen LogP contribution in [-0.4, -0.2) is 20.2 Å². The monoisotopic (exact) mass is 485 g/mol. The first-order valence-electron chi connectivity index (χ1n) is 10.8. The summed E-state index contributed by atoms with van der Waals surface area (Å²) >= 11 is 0. The standard InChI is InChI=1S/C27H23N3O4S/c1-19-7-11-24(12-8-19)30-35(33,34)25-17-15-23(16-18-25)29-27(32)21-9-13-22(14-10-21)28-26(31)20-5-3-2-4-6-20/h2-18,30H,1H3,(H,28,31)(H,29,32). The van der Waals surface area contributed by atoms with Gasteiger partial charge < -0.3 is 10.6 Å². The molecule has 0 fully saturated rings. The lowest BCUT2D eigenvalue weighted by molar-refractivity contribution is 0.102. The van der Waals surface area contributed by atoms with E-state index in [0.29, 0.717) is 28.2 Å². The molecular formula is C27H23N3O4S. The van der Waals surface area contributed by atoms with Crippen molar-refractivity contribution in [2.24, 2.45) is 0 Å². The van der Waals surface area contributed by atoms with E-state index < -0.39 is 10.0 Å². The lowest BCUT2D eigenvalue weighted by Gasteiger charge is -2.10. The second kappa shape index (κ2) is 10.2. The lowest BCUT2D eigenvalue weighted by Crippen LogP contribution is -2.14. The highest BCUT2D eigenvalue weighted by atomic mass is 32.2. The van der Waals surface area contributed by atoms with Crippen LogP contribution in [0.4, 0.5) is 17.1 Å². The molecule has 2 amide bonds. The van der Waals surface area contributed by atoms with Gasteiger partial charge in [-0.15, -0.1) is 0 Å². The molecule has 3 N–H and O–H groups in total. The van der Waals surface area contributed by atoms with E-state index in [-0.39, 0.29) is 16.7 Å². The van der Waals surface area contributed by atoms with Crippen molar-refractivity contribution in [2.75, 3.05) is 15.4 Å². The molecule has 4 rings (SSSR count). The molecular weight excluding hydrogens is 462 g/mol. The summed E-state index contributed by atoms with van der Waals surface area (Å²) in [5.41, 5.74) is 3.43. The van der Waals surface area contributed by atoms with Crippen molar-refractivity contribution in [2.45, 2.75) is 11.8 Å². The Balaban J connectivity index is 1.37. The molecule has 0 saturated heterocycles. The quantitative estimate of drug-likeness (QED) is 0.330. The van der Waals surface area contributed by atoms with Gasteiger partial charge in [-0.25, -0.2) is 8.42 Å². The summed E-state index contributed by atoms with van der Waals surface area (Å²) in [5.74, 6) is -0.603. The third kappa shape index (κ3) is 6.13. The molecule has 0 radical (unpaired) electrons. The Morgan fingerprint density at radius 3 is 1.57 bits per heavy atom. The van der Waals surface area contributed by atoms with Crippen LogP contribution in [0.3, 0.4) is 0 Å². The molecule has 0 aliphatic rings. The van der Waals surface area contributed by atoms with Crippen molar-refractivity contribution < 1.29 is 18.0 Å². The predicted octanol–water partition coefficient (Wildman–Crippen LogP) is 5.30. The molecule has 0 aromatic heterocycles. The number of benzene rings is 4. The van der Waals surface area contributed by atoms with Crippen LogP contribution in [-0.2, 0) is 10.0 Å². The highest BCUT2D eigenvalue weighted by Crippen LogP contribution is 2.20. The van der Waals surface area contributed by atoms with Crippen LogP contribution in [0.15, 0.2) is 108 Å². The van der Waals surface area contributed by atoms with Crippen LogP contribution in [0, 0.1) is 6.92 Å². The van der Waals surface area contributed by atoms with E-state index in [1.807, 2.05) is 25.1 Å². The maximum atomic E-state index is 12.6. The summed E-state index contributed by atoms with van der Waals surface area (Å²) in [5, 5.41) is 5.52. The lowest BCUT2D eigenvalue weighted by atomic mass is 10.1. The first kappa shape index (κ1) is 23.7. The highest BCUT2D eigenvalue weighted by Gasteiger charge is 2.15. The number of hydrogen-bond acceptors (Lipinski definition) is 4. The zero-order chi connectivity index (χ0) is 24.8. The van der Waals surface area contributed by atoms with E-state index in [4.69, 9.17) is 0 Å². The number of rotatable bonds is 7. The Kier molecular flexibility index (Phi) is 6.93. The van der Waals surface area contributed by atoms with Crippen LogP contribution in [0.25, 0.3) is 0 Å². The Labute approximate surface area is 203 Å². The van der Waals surface area contributed by atoms with Crippen molar-refractivity contribution in [3.63, 3.8) is 0 Å². The first-order chi connectivity index (χ1) is 16.8. The topological polar surface area (TPSA) is 104 Å². The maximum absolute atomic E-state index is 12.6. The number of nitrogens with one attached hydrogen (secondary N) is 3. The first-order valence-corrected chi connectivity index (χ1v) is 12.3. The second-order valence-corrected chi connectivity index (χ2v) is 9.53. The van der Waals surface area contributed by atoms with E-state index in [0.717, 1.165) is 5.56 Å². The molecule has 0 aliphatic heterocycles. The summed E-state index contributed by atoms with van der Waals surface area (Å²) in [6.07, 6.45) is 0. The van der Waals surface area contributed by atoms with Gasteiger partial charge in [0.2, 0.25) is 0 Å². The summed E-state index contributed by atoms with van der Waals surface area (Å²) in [4.78, 5) is 24.9. The summed E-state index contributed by atoms with van der Waals surface area (Å²) < 4.78 is 27.8. The van der Waals surface area contributed by atoms with E-state index in [1.54, 1.807) is 60.7 Å². The fourth-order valence-corrected chi connectivity index (χ4v) is 4.31. The zero-order valence-corrected chi connectivity index (χ0v) is 19.7. The van der Waals surface area contributed by atoms with Gasteiger partial charge in [0.15, 0.2) is 0 Å². The third-order valence-corrected chi connectivity index (χ3v) is 6.56. The molecule has 0 heterocycles. The van der Waals surface area contributed by atoms with Crippen molar-refractivity contribution in [3.05, 3.63) is 120 Å². The van der Waals surface area contributed by atoms with Gasteiger partial charge in [0.05, 0.1) is 4.90 Å². The van der Waals surface area contributed by atoms with Gasteiger partial charge >= 0.3 is 0 Å². The molecule has 7 nitrogen and oxygen atoms in total. The Morgan fingerprint density at radius 2 is 1.03 bits per heavy atom.